The molecule has 29 heavy (non-hydrogen) atoms. The van der Waals surface area contributed by atoms with Crippen LogP contribution in [0.25, 0.3) is 0 Å². The van der Waals surface area contributed by atoms with Gasteiger partial charge in [-0.05, 0) is 69.1 Å². The predicted molar refractivity (Wildman–Crippen MR) is 129 cm³/mol. The van der Waals surface area contributed by atoms with Crippen LogP contribution in [0.1, 0.15) is 65.7 Å². The Hall–Kier alpha value is -1.39. The molecule has 3 rings (SSSR count). The van der Waals surface area contributed by atoms with Gasteiger partial charge in [0.05, 0.1) is 5.25 Å². The highest BCUT2D eigenvalue weighted by Gasteiger charge is 2.32. The molecule has 2 heteroatoms. The normalized spacial score (nSPS) is 28.5. The molecule has 1 nitrogen and oxygen atoms in total. The summed E-state index contributed by atoms with van der Waals surface area (Å²) in [7, 11) is 0. The summed E-state index contributed by atoms with van der Waals surface area (Å²) >= 11 is 1.99. The van der Waals surface area contributed by atoms with Crippen molar-refractivity contribution in [3.05, 3.63) is 52.7 Å². The third kappa shape index (κ3) is 5.82. The number of thioether (sulfide) groups is 1. The predicted octanol–water partition coefficient (Wildman–Crippen LogP) is 6.90. The summed E-state index contributed by atoms with van der Waals surface area (Å²) in [6.07, 6.45) is 17.0. The summed E-state index contributed by atoms with van der Waals surface area (Å²) in [5.41, 5.74) is 6.52. The molecule has 0 spiro atoms. The maximum absolute atomic E-state index is 3.81. The number of hydrogen-bond acceptors (Lipinski definition) is 2. The fourth-order valence-electron chi connectivity index (χ4n) is 4.87. The third-order valence-electron chi connectivity index (χ3n) is 6.79. The van der Waals surface area contributed by atoms with E-state index in [1.54, 1.807) is 11.1 Å². The van der Waals surface area contributed by atoms with Crippen LogP contribution in [0.2, 0.25) is 0 Å². The number of nitrogens with zero attached hydrogens (tertiary/aromatic N) is 1. The van der Waals surface area contributed by atoms with Crippen LogP contribution in [0.5, 0.6) is 0 Å². The van der Waals surface area contributed by atoms with Crippen molar-refractivity contribution in [1.82, 2.24) is 4.90 Å². The quantitative estimate of drug-likeness (QED) is 0.204. The number of allylic oxidation sites excluding steroid dienone is 2. The van der Waals surface area contributed by atoms with Crippen LogP contribution in [0.4, 0.5) is 0 Å². The Labute approximate surface area is 183 Å². The number of rotatable bonds is 6. The topological polar surface area (TPSA) is 3.24 Å². The molecule has 3 aliphatic rings. The van der Waals surface area contributed by atoms with Crippen LogP contribution in [-0.2, 0) is 0 Å². The minimum absolute atomic E-state index is 0.385. The molecular weight excluding hydrogens is 370 g/mol. The van der Waals surface area contributed by atoms with E-state index in [-0.39, 0.29) is 0 Å². The summed E-state index contributed by atoms with van der Waals surface area (Å²) in [6, 6.07) is 0.431. The molecule has 0 aromatic heterocycles. The lowest BCUT2D eigenvalue weighted by molar-refractivity contribution is 0.234. The number of fused-ring (bicyclic) bond motifs is 2. The zero-order valence-corrected chi connectivity index (χ0v) is 19.4. The fraction of sp³-hybridized carbons (Fsp3) is 0.593. The molecule has 156 valence electrons. The van der Waals surface area contributed by atoms with E-state index in [0.29, 0.717) is 17.2 Å². The van der Waals surface area contributed by atoms with Crippen LogP contribution in [-0.4, -0.2) is 29.3 Å². The molecule has 2 aliphatic heterocycles. The van der Waals surface area contributed by atoms with E-state index in [0.717, 1.165) is 19.0 Å². The van der Waals surface area contributed by atoms with Gasteiger partial charge in [0.2, 0.25) is 0 Å². The number of hydrogen-bond donors (Lipinski definition) is 0. The largest absolute Gasteiger partial charge is 0.296 e. The molecule has 2 heterocycles. The Morgan fingerprint density at radius 2 is 2.17 bits per heavy atom. The monoisotopic (exact) mass is 407 g/mol. The minimum atomic E-state index is 0.385. The van der Waals surface area contributed by atoms with Crippen molar-refractivity contribution in [3.63, 3.8) is 0 Å². The molecule has 0 amide bonds. The molecule has 0 fully saturated rings. The minimum Gasteiger partial charge on any atom is -0.296 e. The van der Waals surface area contributed by atoms with Gasteiger partial charge in [-0.25, -0.2) is 0 Å². The second-order valence-electron chi connectivity index (χ2n) is 8.53. The SMILES string of the molecule is C=CC=C=CC1=C(C(C)N2CCC=C(CC)CC2)C2C#CC(CC(CC)CC2)S1. The maximum atomic E-state index is 3.81. The first kappa shape index (κ1) is 22.3. The van der Waals surface area contributed by atoms with E-state index in [4.69, 9.17) is 0 Å². The molecule has 4 unspecified atom stereocenters. The Morgan fingerprint density at radius 3 is 2.93 bits per heavy atom. The molecule has 4 atom stereocenters. The van der Waals surface area contributed by atoms with Crippen molar-refractivity contribution in [2.24, 2.45) is 11.8 Å². The van der Waals surface area contributed by atoms with Gasteiger partial charge in [0.15, 0.2) is 0 Å². The van der Waals surface area contributed by atoms with Gasteiger partial charge in [-0.15, -0.1) is 17.5 Å². The summed E-state index contributed by atoms with van der Waals surface area (Å²) in [6.45, 7) is 13.2. The van der Waals surface area contributed by atoms with Gasteiger partial charge < -0.3 is 0 Å². The fourth-order valence-corrected chi connectivity index (χ4v) is 6.26. The third-order valence-corrected chi connectivity index (χ3v) is 7.99. The lowest BCUT2D eigenvalue weighted by Crippen LogP contribution is -2.37. The van der Waals surface area contributed by atoms with E-state index in [9.17, 15) is 0 Å². The first-order valence-corrected chi connectivity index (χ1v) is 12.4. The average molecular weight is 408 g/mol. The van der Waals surface area contributed by atoms with Crippen molar-refractivity contribution >= 4 is 11.8 Å². The van der Waals surface area contributed by atoms with Gasteiger partial charge in [0.1, 0.15) is 0 Å². The van der Waals surface area contributed by atoms with Gasteiger partial charge in [0, 0.05) is 30.0 Å². The zero-order valence-electron chi connectivity index (χ0n) is 18.5. The molecule has 2 bridgehead atoms. The second-order valence-corrected chi connectivity index (χ2v) is 9.78. The summed E-state index contributed by atoms with van der Waals surface area (Å²) < 4.78 is 0. The molecule has 0 radical (unpaired) electrons. The smallest absolute Gasteiger partial charge is 0.0707 e. The van der Waals surface area contributed by atoms with Crippen LogP contribution < -0.4 is 0 Å². The summed E-state index contributed by atoms with van der Waals surface area (Å²) in [5.74, 6) is 8.55. The van der Waals surface area contributed by atoms with Crippen LogP contribution in [0.15, 0.2) is 52.7 Å². The Bertz CT molecular complexity index is 768. The van der Waals surface area contributed by atoms with Crippen molar-refractivity contribution in [1.29, 1.82) is 0 Å². The molecule has 0 saturated carbocycles. The van der Waals surface area contributed by atoms with Crippen molar-refractivity contribution in [2.45, 2.75) is 77.0 Å². The van der Waals surface area contributed by atoms with Crippen molar-refractivity contribution in [2.75, 3.05) is 13.1 Å². The van der Waals surface area contributed by atoms with Crippen molar-refractivity contribution < 1.29 is 0 Å². The molecular formula is C27H37NS. The Kier molecular flexibility index (Phi) is 8.55. The van der Waals surface area contributed by atoms with Crippen LogP contribution in [0.3, 0.4) is 0 Å². The van der Waals surface area contributed by atoms with E-state index < -0.39 is 0 Å². The second kappa shape index (κ2) is 11.1. The van der Waals surface area contributed by atoms with Gasteiger partial charge in [-0.3, -0.25) is 4.90 Å². The standard InChI is InChI=1S/C27H37NS/c1-5-8-9-12-26-27(21(4)28-18-10-11-22(6-2)17-19-28)24-14-13-23(7-3)20-25(29-26)16-15-24/h5,8,11-12,21,23-25H,1,6-7,10,13-14,17-20H2,2-4H3. The van der Waals surface area contributed by atoms with Gasteiger partial charge in [-0.1, -0.05) is 56.4 Å². The van der Waals surface area contributed by atoms with E-state index >= 15 is 0 Å². The zero-order chi connectivity index (χ0) is 20.6. The van der Waals surface area contributed by atoms with Gasteiger partial charge >= 0.3 is 0 Å². The first-order chi connectivity index (χ1) is 14.2. The van der Waals surface area contributed by atoms with Crippen LogP contribution >= 0.6 is 11.8 Å². The summed E-state index contributed by atoms with van der Waals surface area (Å²) in [4.78, 5) is 4.09. The molecule has 0 aromatic carbocycles. The molecule has 0 N–H and O–H groups in total. The lowest BCUT2D eigenvalue weighted by atomic mass is 9.83. The Morgan fingerprint density at radius 1 is 1.31 bits per heavy atom. The lowest BCUT2D eigenvalue weighted by Gasteiger charge is -2.33. The highest BCUT2D eigenvalue weighted by molar-refractivity contribution is 8.04. The van der Waals surface area contributed by atoms with Crippen LogP contribution in [0, 0.1) is 23.7 Å². The highest BCUT2D eigenvalue weighted by atomic mass is 32.2. The maximum Gasteiger partial charge on any atom is 0.0707 e. The molecule has 1 aliphatic carbocycles. The average Bonchev–Trinajstić information content (AvgIpc) is 3.03. The summed E-state index contributed by atoms with van der Waals surface area (Å²) in [5, 5.41) is 0.418. The molecule has 0 saturated heterocycles. The Balaban J connectivity index is 1.93. The van der Waals surface area contributed by atoms with E-state index in [2.05, 4.69) is 62.0 Å². The van der Waals surface area contributed by atoms with E-state index in [1.165, 1.54) is 49.9 Å². The highest BCUT2D eigenvalue weighted by Crippen LogP contribution is 2.42. The molecule has 0 aromatic rings. The van der Waals surface area contributed by atoms with Crippen molar-refractivity contribution in [3.8, 4) is 11.8 Å². The van der Waals surface area contributed by atoms with Gasteiger partial charge in [-0.2, -0.15) is 0 Å². The van der Waals surface area contributed by atoms with Gasteiger partial charge in [0.25, 0.3) is 0 Å². The van der Waals surface area contributed by atoms with E-state index in [1.807, 2.05) is 23.9 Å². The first-order valence-electron chi connectivity index (χ1n) is 11.5.